The van der Waals surface area contributed by atoms with Gasteiger partial charge in [-0.3, -0.25) is 4.79 Å². The molecule has 0 atom stereocenters. The van der Waals surface area contributed by atoms with Gasteiger partial charge in [-0.05, 0) is 31.5 Å². The van der Waals surface area contributed by atoms with Crippen LogP contribution in [-0.4, -0.2) is 28.6 Å². The zero-order valence-corrected chi connectivity index (χ0v) is 11.9. The molecule has 110 valence electrons. The minimum atomic E-state index is -0.0456. The van der Waals surface area contributed by atoms with Gasteiger partial charge in [0, 0.05) is 17.2 Å². The number of aromatic nitrogens is 2. The molecule has 6 heteroatoms. The average Bonchev–Trinajstić information content (AvgIpc) is 3.19. The SMILES string of the molecule is CCNCc1nc(-c2cccc(C(=O)NC3CC3)c2)no1. The fraction of sp³-hybridized carbons (Fsp3) is 0.400. The summed E-state index contributed by atoms with van der Waals surface area (Å²) in [6.45, 7) is 3.40. The molecule has 21 heavy (non-hydrogen) atoms. The lowest BCUT2D eigenvalue weighted by Crippen LogP contribution is -2.25. The van der Waals surface area contributed by atoms with Crippen molar-refractivity contribution in [3.05, 3.63) is 35.7 Å². The minimum Gasteiger partial charge on any atom is -0.349 e. The van der Waals surface area contributed by atoms with Crippen molar-refractivity contribution in [2.75, 3.05) is 6.54 Å². The van der Waals surface area contributed by atoms with E-state index in [0.29, 0.717) is 29.9 Å². The van der Waals surface area contributed by atoms with Gasteiger partial charge in [0.05, 0.1) is 6.54 Å². The van der Waals surface area contributed by atoms with E-state index in [9.17, 15) is 4.79 Å². The Morgan fingerprint density at radius 2 is 2.29 bits per heavy atom. The van der Waals surface area contributed by atoms with Crippen LogP contribution in [0.1, 0.15) is 36.0 Å². The lowest BCUT2D eigenvalue weighted by Gasteiger charge is -2.03. The molecule has 0 unspecified atom stereocenters. The van der Waals surface area contributed by atoms with Gasteiger partial charge in [0.2, 0.25) is 11.7 Å². The van der Waals surface area contributed by atoms with Gasteiger partial charge in [0.25, 0.3) is 5.91 Å². The van der Waals surface area contributed by atoms with Crippen molar-refractivity contribution in [2.45, 2.75) is 32.4 Å². The Labute approximate surface area is 122 Å². The molecule has 0 aliphatic heterocycles. The van der Waals surface area contributed by atoms with Gasteiger partial charge in [-0.2, -0.15) is 4.98 Å². The number of nitrogens with one attached hydrogen (secondary N) is 2. The number of rotatable bonds is 6. The molecule has 3 rings (SSSR count). The zero-order valence-electron chi connectivity index (χ0n) is 11.9. The molecule has 1 saturated carbocycles. The largest absolute Gasteiger partial charge is 0.349 e. The van der Waals surface area contributed by atoms with Gasteiger partial charge in [-0.1, -0.05) is 24.2 Å². The van der Waals surface area contributed by atoms with Crippen LogP contribution in [0.15, 0.2) is 28.8 Å². The van der Waals surface area contributed by atoms with E-state index < -0.39 is 0 Å². The van der Waals surface area contributed by atoms with E-state index in [1.54, 1.807) is 12.1 Å². The van der Waals surface area contributed by atoms with Crippen molar-refractivity contribution in [2.24, 2.45) is 0 Å². The molecule has 6 nitrogen and oxygen atoms in total. The molecule has 1 aliphatic carbocycles. The van der Waals surface area contributed by atoms with Crippen molar-refractivity contribution in [3.8, 4) is 11.4 Å². The first kappa shape index (κ1) is 13.8. The molecule has 2 aromatic rings. The highest BCUT2D eigenvalue weighted by molar-refractivity contribution is 5.95. The maximum Gasteiger partial charge on any atom is 0.251 e. The van der Waals surface area contributed by atoms with Crippen LogP contribution in [0.2, 0.25) is 0 Å². The number of nitrogens with zero attached hydrogens (tertiary/aromatic N) is 2. The predicted molar refractivity (Wildman–Crippen MR) is 77.6 cm³/mol. The quantitative estimate of drug-likeness (QED) is 0.845. The summed E-state index contributed by atoms with van der Waals surface area (Å²) in [6, 6.07) is 7.63. The summed E-state index contributed by atoms with van der Waals surface area (Å²) in [5, 5.41) is 10.1. The molecule has 1 fully saturated rings. The van der Waals surface area contributed by atoms with Gasteiger partial charge in [-0.15, -0.1) is 0 Å². The van der Waals surface area contributed by atoms with E-state index in [1.807, 2.05) is 19.1 Å². The van der Waals surface area contributed by atoms with Crippen LogP contribution in [0, 0.1) is 0 Å². The Morgan fingerprint density at radius 1 is 1.43 bits per heavy atom. The molecular formula is C15H18N4O2. The monoisotopic (exact) mass is 286 g/mol. The fourth-order valence-corrected chi connectivity index (χ4v) is 1.97. The summed E-state index contributed by atoms with van der Waals surface area (Å²) in [7, 11) is 0. The average molecular weight is 286 g/mol. The summed E-state index contributed by atoms with van der Waals surface area (Å²) < 4.78 is 5.17. The first-order valence-electron chi connectivity index (χ1n) is 7.21. The number of amides is 1. The molecule has 1 amide bonds. The number of carbonyl (C=O) groups excluding carboxylic acids is 1. The van der Waals surface area contributed by atoms with Gasteiger partial charge >= 0.3 is 0 Å². The highest BCUT2D eigenvalue weighted by atomic mass is 16.5. The van der Waals surface area contributed by atoms with Crippen molar-refractivity contribution in [3.63, 3.8) is 0 Å². The highest BCUT2D eigenvalue weighted by Crippen LogP contribution is 2.21. The van der Waals surface area contributed by atoms with Crippen LogP contribution in [-0.2, 0) is 6.54 Å². The Balaban J connectivity index is 1.75. The molecule has 1 aromatic carbocycles. The fourth-order valence-electron chi connectivity index (χ4n) is 1.97. The van der Waals surface area contributed by atoms with Crippen molar-refractivity contribution in [1.82, 2.24) is 20.8 Å². The normalized spacial score (nSPS) is 14.1. The van der Waals surface area contributed by atoms with Crippen LogP contribution >= 0.6 is 0 Å². The molecule has 2 N–H and O–H groups in total. The third kappa shape index (κ3) is 3.46. The molecule has 0 spiro atoms. The van der Waals surface area contributed by atoms with Gasteiger partial charge in [-0.25, -0.2) is 0 Å². The Hall–Kier alpha value is -2.21. The number of hydrogen-bond acceptors (Lipinski definition) is 5. The number of carbonyl (C=O) groups is 1. The molecule has 0 bridgehead atoms. The molecule has 0 radical (unpaired) electrons. The second-order valence-corrected chi connectivity index (χ2v) is 5.12. The standard InChI is InChI=1S/C15H18N4O2/c1-2-16-9-13-18-14(19-21-13)10-4-3-5-11(8-10)15(20)17-12-6-7-12/h3-5,8,12,16H,2,6-7,9H2,1H3,(H,17,20). The first-order valence-corrected chi connectivity index (χ1v) is 7.21. The molecular weight excluding hydrogens is 268 g/mol. The third-order valence-electron chi connectivity index (χ3n) is 3.29. The van der Waals surface area contributed by atoms with E-state index in [2.05, 4.69) is 20.8 Å². The van der Waals surface area contributed by atoms with Gasteiger partial charge in [0.15, 0.2) is 0 Å². The predicted octanol–water partition coefficient (Wildman–Crippen LogP) is 1.74. The first-order chi connectivity index (χ1) is 10.3. The van der Waals surface area contributed by atoms with E-state index in [-0.39, 0.29) is 5.91 Å². The summed E-state index contributed by atoms with van der Waals surface area (Å²) >= 11 is 0. The Bertz CT molecular complexity index is 634. The van der Waals surface area contributed by atoms with E-state index >= 15 is 0 Å². The summed E-state index contributed by atoms with van der Waals surface area (Å²) in [5.74, 6) is 0.999. The van der Waals surface area contributed by atoms with E-state index in [4.69, 9.17) is 4.52 Å². The Morgan fingerprint density at radius 3 is 3.05 bits per heavy atom. The van der Waals surface area contributed by atoms with Crippen LogP contribution in [0.4, 0.5) is 0 Å². The molecule has 1 heterocycles. The van der Waals surface area contributed by atoms with Crippen molar-refractivity contribution >= 4 is 5.91 Å². The smallest absolute Gasteiger partial charge is 0.251 e. The highest BCUT2D eigenvalue weighted by Gasteiger charge is 2.24. The van der Waals surface area contributed by atoms with Gasteiger partial charge in [0.1, 0.15) is 0 Å². The molecule has 1 aromatic heterocycles. The van der Waals surface area contributed by atoms with Gasteiger partial charge < -0.3 is 15.2 Å². The van der Waals surface area contributed by atoms with Crippen LogP contribution < -0.4 is 10.6 Å². The van der Waals surface area contributed by atoms with Crippen LogP contribution in [0.5, 0.6) is 0 Å². The molecule has 1 aliphatic rings. The topological polar surface area (TPSA) is 80.0 Å². The molecule has 0 saturated heterocycles. The lowest BCUT2D eigenvalue weighted by molar-refractivity contribution is 0.0951. The zero-order chi connectivity index (χ0) is 14.7. The van der Waals surface area contributed by atoms with Crippen molar-refractivity contribution in [1.29, 1.82) is 0 Å². The van der Waals surface area contributed by atoms with E-state index in [1.165, 1.54) is 0 Å². The minimum absolute atomic E-state index is 0.0456. The maximum atomic E-state index is 12.0. The number of hydrogen-bond donors (Lipinski definition) is 2. The van der Waals surface area contributed by atoms with E-state index in [0.717, 1.165) is 24.9 Å². The van der Waals surface area contributed by atoms with Crippen molar-refractivity contribution < 1.29 is 9.32 Å². The summed E-state index contributed by atoms with van der Waals surface area (Å²) in [5.41, 5.74) is 1.40. The van der Waals surface area contributed by atoms with Crippen LogP contribution in [0.3, 0.4) is 0 Å². The third-order valence-corrected chi connectivity index (χ3v) is 3.29. The summed E-state index contributed by atoms with van der Waals surface area (Å²) in [6.07, 6.45) is 2.15. The maximum absolute atomic E-state index is 12.0. The summed E-state index contributed by atoms with van der Waals surface area (Å²) in [4.78, 5) is 16.4. The second kappa shape index (κ2) is 6.05. The number of benzene rings is 1. The lowest BCUT2D eigenvalue weighted by atomic mass is 10.1. The Kier molecular flexibility index (Phi) is 3.96. The second-order valence-electron chi connectivity index (χ2n) is 5.12. The van der Waals surface area contributed by atoms with Crippen LogP contribution in [0.25, 0.3) is 11.4 Å².